The maximum Gasteiger partial charge on any atom is 0.281 e. The Morgan fingerprint density at radius 3 is 2.54 bits per heavy atom. The van der Waals surface area contributed by atoms with Gasteiger partial charge < -0.3 is 10.6 Å². The molecule has 1 aromatic carbocycles. The van der Waals surface area contributed by atoms with Crippen LogP contribution in [0.25, 0.3) is 11.3 Å². The minimum Gasteiger partial charge on any atom is -0.384 e. The number of aryl methyl sites for hydroxylation is 1. The molecule has 3 heterocycles. The smallest absolute Gasteiger partial charge is 0.281 e. The van der Waals surface area contributed by atoms with Gasteiger partial charge >= 0.3 is 0 Å². The van der Waals surface area contributed by atoms with Gasteiger partial charge in [-0.2, -0.15) is 8.42 Å². The topological polar surface area (TPSA) is 118 Å². The predicted octanol–water partition coefficient (Wildman–Crippen LogP) is 3.92. The van der Waals surface area contributed by atoms with Crippen molar-refractivity contribution in [2.24, 2.45) is 5.92 Å². The molecule has 3 aromatic rings. The fourth-order valence-corrected chi connectivity index (χ4v) is 5.11. The molecule has 1 unspecified atom stereocenters. The third-order valence-electron chi connectivity index (χ3n) is 6.78. The van der Waals surface area contributed by atoms with Gasteiger partial charge in [0.05, 0.1) is 11.3 Å². The SMILES string of the molecule is Cc1ccc(-c2ccc(C(=O)NS(=O)(=O)c3cccc(N)n3)c(N3CCC(C)C3(C)C)n2)cc1F. The van der Waals surface area contributed by atoms with E-state index in [0.717, 1.165) is 6.42 Å². The molecule has 10 heteroatoms. The Balaban J connectivity index is 1.78. The predicted molar refractivity (Wildman–Crippen MR) is 133 cm³/mol. The molecule has 0 radical (unpaired) electrons. The molecule has 1 atom stereocenters. The van der Waals surface area contributed by atoms with Gasteiger partial charge in [-0.1, -0.05) is 25.1 Å². The molecular formula is C25H28FN5O3S. The fraction of sp³-hybridized carbons (Fsp3) is 0.320. The first-order valence-corrected chi connectivity index (χ1v) is 12.7. The number of carbonyl (C=O) groups excluding carboxylic acids is 1. The number of nitrogen functional groups attached to an aromatic ring is 1. The van der Waals surface area contributed by atoms with Crippen molar-refractivity contribution in [2.75, 3.05) is 17.2 Å². The average molecular weight is 498 g/mol. The van der Waals surface area contributed by atoms with Gasteiger partial charge in [0, 0.05) is 17.6 Å². The Labute approximate surface area is 204 Å². The van der Waals surface area contributed by atoms with Gasteiger partial charge in [-0.15, -0.1) is 0 Å². The molecule has 2 aromatic heterocycles. The van der Waals surface area contributed by atoms with Crippen LogP contribution in [-0.2, 0) is 10.0 Å². The number of rotatable bonds is 5. The number of hydrogen-bond acceptors (Lipinski definition) is 7. The third kappa shape index (κ3) is 4.70. The Morgan fingerprint density at radius 1 is 1.17 bits per heavy atom. The number of benzene rings is 1. The van der Waals surface area contributed by atoms with Crippen LogP contribution in [0.3, 0.4) is 0 Å². The number of carbonyl (C=O) groups is 1. The number of anilines is 2. The fourth-order valence-electron chi connectivity index (χ4n) is 4.16. The van der Waals surface area contributed by atoms with E-state index in [1.807, 2.05) is 4.90 Å². The Bertz CT molecular complexity index is 1410. The van der Waals surface area contributed by atoms with Crippen LogP contribution in [-0.4, -0.2) is 36.4 Å². The van der Waals surface area contributed by atoms with Crippen LogP contribution in [0.5, 0.6) is 0 Å². The molecule has 8 nitrogen and oxygen atoms in total. The van der Waals surface area contributed by atoms with Gasteiger partial charge in [0.2, 0.25) is 0 Å². The maximum absolute atomic E-state index is 14.2. The van der Waals surface area contributed by atoms with Crippen LogP contribution in [0, 0.1) is 18.7 Å². The lowest BCUT2D eigenvalue weighted by molar-refractivity contribution is 0.0981. The van der Waals surface area contributed by atoms with Gasteiger partial charge in [-0.25, -0.2) is 19.1 Å². The summed E-state index contributed by atoms with van der Waals surface area (Å²) in [6, 6.07) is 12.1. The van der Waals surface area contributed by atoms with Gasteiger partial charge in [0.1, 0.15) is 17.5 Å². The molecule has 0 aliphatic carbocycles. The molecule has 1 amide bonds. The van der Waals surface area contributed by atoms with Gasteiger partial charge in [-0.3, -0.25) is 4.79 Å². The molecule has 1 fully saturated rings. The van der Waals surface area contributed by atoms with E-state index >= 15 is 0 Å². The number of nitrogens with one attached hydrogen (secondary N) is 1. The Hall–Kier alpha value is -3.53. The van der Waals surface area contributed by atoms with E-state index in [4.69, 9.17) is 10.7 Å². The summed E-state index contributed by atoms with van der Waals surface area (Å²) in [5.41, 5.74) is 6.91. The van der Waals surface area contributed by atoms with E-state index in [9.17, 15) is 17.6 Å². The molecule has 184 valence electrons. The second-order valence-corrected chi connectivity index (χ2v) is 11.0. The summed E-state index contributed by atoms with van der Waals surface area (Å²) in [5.74, 6) is -0.533. The molecular weight excluding hydrogens is 469 g/mol. The number of sulfonamides is 1. The van der Waals surface area contributed by atoms with Crippen LogP contribution < -0.4 is 15.4 Å². The van der Waals surface area contributed by atoms with Crippen molar-refractivity contribution in [2.45, 2.75) is 44.7 Å². The minimum atomic E-state index is -4.27. The first-order chi connectivity index (χ1) is 16.4. The Kier molecular flexibility index (Phi) is 6.27. The molecule has 0 spiro atoms. The molecule has 4 rings (SSSR count). The average Bonchev–Trinajstić information content (AvgIpc) is 3.07. The standard InChI is InChI=1S/C25H28FN5O3S/c1-15-8-9-17(14-19(15)26)20-11-10-18(23(28-20)31-13-12-16(2)25(31,3)4)24(32)30-35(33,34)22-7-5-6-21(27)29-22/h5-11,14,16H,12-13H2,1-4H3,(H2,27,29)(H,30,32). The largest absolute Gasteiger partial charge is 0.384 e. The quantitative estimate of drug-likeness (QED) is 0.548. The zero-order valence-corrected chi connectivity index (χ0v) is 20.9. The van der Waals surface area contributed by atoms with E-state index < -0.39 is 15.9 Å². The lowest BCUT2D eigenvalue weighted by Crippen LogP contribution is -2.43. The molecule has 1 saturated heterocycles. The number of hydrogen-bond donors (Lipinski definition) is 2. The highest BCUT2D eigenvalue weighted by Crippen LogP contribution is 2.39. The summed E-state index contributed by atoms with van der Waals surface area (Å²) in [5, 5.41) is -0.359. The molecule has 0 bridgehead atoms. The van der Waals surface area contributed by atoms with E-state index in [2.05, 4.69) is 30.5 Å². The maximum atomic E-state index is 14.2. The number of nitrogens with two attached hydrogens (primary N) is 1. The molecule has 35 heavy (non-hydrogen) atoms. The van der Waals surface area contributed by atoms with Crippen molar-refractivity contribution in [1.29, 1.82) is 0 Å². The van der Waals surface area contributed by atoms with Crippen molar-refractivity contribution >= 4 is 27.6 Å². The number of amides is 1. The summed E-state index contributed by atoms with van der Waals surface area (Å²) in [6.07, 6.45) is 0.880. The Morgan fingerprint density at radius 2 is 1.91 bits per heavy atom. The van der Waals surface area contributed by atoms with Crippen molar-refractivity contribution < 1.29 is 17.6 Å². The highest BCUT2D eigenvalue weighted by Gasteiger charge is 2.41. The van der Waals surface area contributed by atoms with Crippen LogP contribution in [0.2, 0.25) is 0 Å². The molecule has 0 saturated carbocycles. The lowest BCUT2D eigenvalue weighted by Gasteiger charge is -2.36. The highest BCUT2D eigenvalue weighted by molar-refractivity contribution is 7.90. The molecule has 1 aliphatic rings. The number of halogens is 1. The highest BCUT2D eigenvalue weighted by atomic mass is 32.2. The first kappa shape index (κ1) is 24.6. The van der Waals surface area contributed by atoms with Crippen molar-refractivity contribution in [3.05, 3.63) is 65.5 Å². The van der Waals surface area contributed by atoms with Gasteiger partial charge in [0.25, 0.3) is 15.9 Å². The van der Waals surface area contributed by atoms with Crippen LogP contribution >= 0.6 is 0 Å². The number of aromatic nitrogens is 2. The van der Waals surface area contributed by atoms with Gasteiger partial charge in [-0.05, 0) is 69.0 Å². The van der Waals surface area contributed by atoms with Crippen LogP contribution in [0.4, 0.5) is 16.0 Å². The summed E-state index contributed by atoms with van der Waals surface area (Å²) < 4.78 is 41.9. The monoisotopic (exact) mass is 497 g/mol. The molecule has 1 aliphatic heterocycles. The summed E-state index contributed by atoms with van der Waals surface area (Å²) in [6.45, 7) is 8.54. The summed E-state index contributed by atoms with van der Waals surface area (Å²) >= 11 is 0. The zero-order valence-electron chi connectivity index (χ0n) is 20.0. The lowest BCUT2D eigenvalue weighted by atomic mass is 9.90. The van der Waals surface area contributed by atoms with Crippen molar-refractivity contribution in [1.82, 2.24) is 14.7 Å². The summed E-state index contributed by atoms with van der Waals surface area (Å²) in [4.78, 5) is 23.8. The number of pyridine rings is 2. The van der Waals surface area contributed by atoms with Crippen molar-refractivity contribution in [3.8, 4) is 11.3 Å². The van der Waals surface area contributed by atoms with E-state index in [0.29, 0.717) is 35.1 Å². The third-order valence-corrected chi connectivity index (χ3v) is 8.01. The summed E-state index contributed by atoms with van der Waals surface area (Å²) in [7, 11) is -4.27. The van der Waals surface area contributed by atoms with Gasteiger partial charge in [0.15, 0.2) is 5.03 Å². The first-order valence-electron chi connectivity index (χ1n) is 11.2. The second kappa shape index (κ2) is 8.92. The van der Waals surface area contributed by atoms with Crippen LogP contribution in [0.15, 0.2) is 53.6 Å². The van der Waals surface area contributed by atoms with Crippen LogP contribution in [0.1, 0.15) is 43.1 Å². The van der Waals surface area contributed by atoms with Crippen molar-refractivity contribution in [3.63, 3.8) is 0 Å². The van der Waals surface area contributed by atoms with E-state index in [1.54, 1.807) is 25.1 Å². The van der Waals surface area contributed by atoms with E-state index in [1.165, 1.54) is 30.3 Å². The number of nitrogens with zero attached hydrogens (tertiary/aromatic N) is 3. The van der Waals surface area contributed by atoms with E-state index in [-0.39, 0.29) is 27.8 Å². The minimum absolute atomic E-state index is 0.0187. The zero-order chi connectivity index (χ0) is 25.5. The normalized spacial score (nSPS) is 17.4. The second-order valence-electron chi connectivity index (χ2n) is 9.36. The molecule has 3 N–H and O–H groups in total.